The van der Waals surface area contributed by atoms with Gasteiger partial charge >= 0.3 is 5.97 Å². The van der Waals surface area contributed by atoms with Gasteiger partial charge in [-0.05, 0) is 43.9 Å². The molecule has 6 nitrogen and oxygen atoms in total. The summed E-state index contributed by atoms with van der Waals surface area (Å²) in [5.74, 6) is -0.817. The third-order valence-electron chi connectivity index (χ3n) is 5.26. The third-order valence-corrected chi connectivity index (χ3v) is 5.26. The number of ether oxygens (including phenoxy) is 1. The molecule has 1 saturated carbocycles. The number of aryl methyl sites for hydroxylation is 1. The van der Waals surface area contributed by atoms with Crippen LogP contribution in [0.15, 0.2) is 47.4 Å². The molecule has 1 N–H and O–H groups in total. The van der Waals surface area contributed by atoms with Gasteiger partial charge in [-0.25, -0.2) is 0 Å². The fourth-order valence-corrected chi connectivity index (χ4v) is 3.47. The highest BCUT2D eigenvalue weighted by molar-refractivity contribution is 5.95. The molecule has 1 aliphatic rings. The maximum absolute atomic E-state index is 13.0. The molecule has 1 aliphatic carbocycles. The molecule has 0 aliphatic heterocycles. The normalized spacial score (nSPS) is 19.7. The number of methoxy groups -OCH3 is 1. The van der Waals surface area contributed by atoms with Crippen molar-refractivity contribution in [1.29, 1.82) is 0 Å². The minimum atomic E-state index is -0.388. The number of nitrogens with one attached hydrogen (secondary N) is 1. The van der Waals surface area contributed by atoms with Gasteiger partial charge in [0.05, 0.1) is 19.1 Å². The summed E-state index contributed by atoms with van der Waals surface area (Å²) in [5, 5.41) is 2.87. The number of amides is 1. The van der Waals surface area contributed by atoms with Crippen LogP contribution in [-0.2, 0) is 9.53 Å². The molecule has 2 aromatic rings. The summed E-state index contributed by atoms with van der Waals surface area (Å²) >= 11 is 0. The van der Waals surface area contributed by atoms with Crippen LogP contribution in [0.5, 0.6) is 0 Å². The highest BCUT2D eigenvalue weighted by atomic mass is 16.5. The smallest absolute Gasteiger partial charge is 0.308 e. The maximum atomic E-state index is 13.0. The Kier molecular flexibility index (Phi) is 5.44. The number of esters is 1. The third kappa shape index (κ3) is 3.79. The molecule has 1 unspecified atom stereocenters. The molecule has 3 rings (SSSR count). The first-order valence-electron chi connectivity index (χ1n) is 9.07. The fourth-order valence-electron chi connectivity index (χ4n) is 3.47. The first kappa shape index (κ1) is 18.9. The van der Waals surface area contributed by atoms with Crippen molar-refractivity contribution in [2.45, 2.75) is 38.8 Å². The van der Waals surface area contributed by atoms with Crippen LogP contribution in [0.1, 0.15) is 47.3 Å². The van der Waals surface area contributed by atoms with Crippen LogP contribution in [0.2, 0.25) is 0 Å². The van der Waals surface area contributed by atoms with Crippen molar-refractivity contribution >= 4 is 11.9 Å². The minimum absolute atomic E-state index is 0.111. The summed E-state index contributed by atoms with van der Waals surface area (Å²) in [4.78, 5) is 37.2. The quantitative estimate of drug-likeness (QED) is 0.823. The molecular formula is C21H24N2O4. The van der Waals surface area contributed by atoms with Crippen LogP contribution < -0.4 is 10.9 Å². The van der Waals surface area contributed by atoms with E-state index in [1.807, 2.05) is 37.3 Å². The lowest BCUT2D eigenvalue weighted by Crippen LogP contribution is -2.48. The summed E-state index contributed by atoms with van der Waals surface area (Å²) in [6, 6.07) is 11.2. The number of hydrogen-bond acceptors (Lipinski definition) is 4. The number of nitrogens with zero attached hydrogens (tertiary/aromatic N) is 1. The standard InChI is InChI=1S/C21H24N2O4/c1-13-9-10-23(14(2)15-7-5-4-6-8-15)20(25)18(13)19(24)22-17-11-16(12-17)21(26)27-3/h4-10,14,16-17H,11-12H2,1-3H3,(H,22,24). The predicted molar refractivity (Wildman–Crippen MR) is 102 cm³/mol. The first-order chi connectivity index (χ1) is 12.9. The van der Waals surface area contributed by atoms with Crippen molar-refractivity contribution < 1.29 is 14.3 Å². The van der Waals surface area contributed by atoms with E-state index in [-0.39, 0.29) is 41.0 Å². The van der Waals surface area contributed by atoms with E-state index < -0.39 is 0 Å². The van der Waals surface area contributed by atoms with Gasteiger partial charge in [0.1, 0.15) is 5.56 Å². The molecule has 1 fully saturated rings. The van der Waals surface area contributed by atoms with Gasteiger partial charge in [-0.2, -0.15) is 0 Å². The van der Waals surface area contributed by atoms with Gasteiger partial charge in [-0.15, -0.1) is 0 Å². The van der Waals surface area contributed by atoms with Crippen molar-refractivity contribution in [3.8, 4) is 0 Å². The molecule has 0 saturated heterocycles. The topological polar surface area (TPSA) is 77.4 Å². The molecule has 27 heavy (non-hydrogen) atoms. The first-order valence-corrected chi connectivity index (χ1v) is 9.07. The van der Waals surface area contributed by atoms with E-state index in [0.29, 0.717) is 18.4 Å². The molecular weight excluding hydrogens is 344 g/mol. The predicted octanol–water partition coefficient (Wildman–Crippen LogP) is 2.45. The van der Waals surface area contributed by atoms with Crippen molar-refractivity contribution in [3.05, 3.63) is 69.6 Å². The van der Waals surface area contributed by atoms with E-state index in [0.717, 1.165) is 5.56 Å². The summed E-state index contributed by atoms with van der Waals surface area (Å²) < 4.78 is 6.29. The highest BCUT2D eigenvalue weighted by Gasteiger charge is 2.36. The average Bonchev–Trinajstić information content (AvgIpc) is 2.64. The zero-order valence-corrected chi connectivity index (χ0v) is 15.8. The molecule has 6 heteroatoms. The second-order valence-electron chi connectivity index (χ2n) is 7.03. The monoisotopic (exact) mass is 368 g/mol. The lowest BCUT2D eigenvalue weighted by molar-refractivity contribution is -0.149. The van der Waals surface area contributed by atoms with Crippen molar-refractivity contribution in [1.82, 2.24) is 9.88 Å². The molecule has 0 radical (unpaired) electrons. The summed E-state index contributed by atoms with van der Waals surface area (Å²) in [6.07, 6.45) is 2.81. The van der Waals surface area contributed by atoms with Crippen molar-refractivity contribution in [2.75, 3.05) is 7.11 Å². The number of aromatic nitrogens is 1. The molecule has 0 bridgehead atoms. The zero-order chi connectivity index (χ0) is 19.6. The number of carbonyl (C=O) groups is 2. The molecule has 142 valence electrons. The lowest BCUT2D eigenvalue weighted by Gasteiger charge is -2.33. The van der Waals surface area contributed by atoms with Crippen LogP contribution in [0.3, 0.4) is 0 Å². The number of rotatable bonds is 5. The van der Waals surface area contributed by atoms with E-state index in [2.05, 4.69) is 5.32 Å². The number of hydrogen-bond donors (Lipinski definition) is 1. The Bertz CT molecular complexity index is 898. The van der Waals surface area contributed by atoms with Gasteiger partial charge in [0.2, 0.25) is 0 Å². The lowest BCUT2D eigenvalue weighted by atomic mass is 9.80. The molecule has 1 atom stereocenters. The van der Waals surface area contributed by atoms with Crippen LogP contribution in [0.4, 0.5) is 0 Å². The summed E-state index contributed by atoms with van der Waals surface area (Å²) in [7, 11) is 1.36. The van der Waals surface area contributed by atoms with E-state index in [1.54, 1.807) is 23.8 Å². The second kappa shape index (κ2) is 7.78. The van der Waals surface area contributed by atoms with Gasteiger partial charge in [0.15, 0.2) is 0 Å². The fraction of sp³-hybridized carbons (Fsp3) is 0.381. The van der Waals surface area contributed by atoms with Crippen molar-refractivity contribution in [2.24, 2.45) is 5.92 Å². The van der Waals surface area contributed by atoms with Gasteiger partial charge in [0.25, 0.3) is 11.5 Å². The average molecular weight is 368 g/mol. The van der Waals surface area contributed by atoms with Crippen LogP contribution >= 0.6 is 0 Å². The van der Waals surface area contributed by atoms with Crippen LogP contribution in [0, 0.1) is 12.8 Å². The van der Waals surface area contributed by atoms with Crippen LogP contribution in [0.25, 0.3) is 0 Å². The van der Waals surface area contributed by atoms with Gasteiger partial charge < -0.3 is 14.6 Å². The Morgan fingerprint density at radius 3 is 2.48 bits per heavy atom. The minimum Gasteiger partial charge on any atom is -0.469 e. The molecule has 1 heterocycles. The SMILES string of the molecule is COC(=O)C1CC(NC(=O)c2c(C)ccn(C(C)c3ccccc3)c2=O)C1. The number of pyridine rings is 1. The summed E-state index contributed by atoms with van der Waals surface area (Å²) in [5.41, 5.74) is 1.47. The van der Waals surface area contributed by atoms with Gasteiger partial charge in [-0.3, -0.25) is 14.4 Å². The van der Waals surface area contributed by atoms with Gasteiger partial charge in [0, 0.05) is 12.2 Å². The summed E-state index contributed by atoms with van der Waals surface area (Å²) in [6.45, 7) is 3.69. The number of carbonyl (C=O) groups excluding carboxylic acids is 2. The Morgan fingerprint density at radius 1 is 1.19 bits per heavy atom. The van der Waals surface area contributed by atoms with E-state index in [1.165, 1.54) is 7.11 Å². The highest BCUT2D eigenvalue weighted by Crippen LogP contribution is 2.28. The van der Waals surface area contributed by atoms with Crippen LogP contribution in [-0.4, -0.2) is 29.6 Å². The Labute approximate surface area is 158 Å². The second-order valence-corrected chi connectivity index (χ2v) is 7.03. The van der Waals surface area contributed by atoms with E-state index >= 15 is 0 Å². The Morgan fingerprint density at radius 2 is 1.85 bits per heavy atom. The molecule has 1 aromatic heterocycles. The molecule has 1 aromatic carbocycles. The zero-order valence-electron chi connectivity index (χ0n) is 15.8. The van der Waals surface area contributed by atoms with E-state index in [9.17, 15) is 14.4 Å². The maximum Gasteiger partial charge on any atom is 0.308 e. The van der Waals surface area contributed by atoms with Crippen molar-refractivity contribution in [3.63, 3.8) is 0 Å². The number of benzene rings is 1. The van der Waals surface area contributed by atoms with Gasteiger partial charge in [-0.1, -0.05) is 30.3 Å². The largest absolute Gasteiger partial charge is 0.469 e. The molecule has 0 spiro atoms. The van der Waals surface area contributed by atoms with E-state index in [4.69, 9.17) is 4.74 Å². The molecule has 1 amide bonds. The Hall–Kier alpha value is -2.89. The Balaban J connectivity index is 1.79.